The van der Waals surface area contributed by atoms with Gasteiger partial charge in [0, 0.05) is 30.4 Å². The number of pyridine rings is 1. The fraction of sp³-hybridized carbons (Fsp3) is 0.333. The molecular formula is C18H18ClF3N2O2. The third-order valence-electron chi connectivity index (χ3n) is 3.66. The summed E-state index contributed by atoms with van der Waals surface area (Å²) in [6, 6.07) is 7.52. The Balaban J connectivity index is 2.34. The molecule has 0 spiro atoms. The monoisotopic (exact) mass is 386 g/mol. The number of nitrogens with zero attached hydrogens (tertiary/aromatic N) is 2. The SMILES string of the molecule is CCOc1cc(C(F)(F)F)c(C(=O)N(CC)Cc2ccc(Cl)cc2)cn1. The van der Waals surface area contributed by atoms with Crippen molar-refractivity contribution in [3.63, 3.8) is 0 Å². The van der Waals surface area contributed by atoms with E-state index in [1.807, 2.05) is 0 Å². The Kier molecular flexibility index (Phi) is 6.47. The zero-order valence-corrected chi connectivity index (χ0v) is 15.1. The molecule has 0 bridgehead atoms. The van der Waals surface area contributed by atoms with E-state index in [1.165, 1.54) is 4.90 Å². The Hall–Kier alpha value is -2.28. The number of aromatic nitrogens is 1. The van der Waals surface area contributed by atoms with Crippen LogP contribution in [0.25, 0.3) is 0 Å². The fourth-order valence-electron chi connectivity index (χ4n) is 2.38. The number of carbonyl (C=O) groups excluding carboxylic acids is 1. The smallest absolute Gasteiger partial charge is 0.417 e. The van der Waals surface area contributed by atoms with Gasteiger partial charge in [-0.25, -0.2) is 4.98 Å². The van der Waals surface area contributed by atoms with Gasteiger partial charge in [-0.15, -0.1) is 0 Å². The molecule has 0 aliphatic carbocycles. The average Bonchev–Trinajstić information content (AvgIpc) is 2.60. The van der Waals surface area contributed by atoms with Crippen molar-refractivity contribution in [1.29, 1.82) is 0 Å². The van der Waals surface area contributed by atoms with Gasteiger partial charge in [0.25, 0.3) is 5.91 Å². The van der Waals surface area contributed by atoms with Gasteiger partial charge >= 0.3 is 6.18 Å². The zero-order chi connectivity index (χ0) is 19.3. The molecule has 1 heterocycles. The highest BCUT2D eigenvalue weighted by atomic mass is 35.5. The first kappa shape index (κ1) is 20.0. The van der Waals surface area contributed by atoms with Gasteiger partial charge in [-0.1, -0.05) is 23.7 Å². The Morgan fingerprint density at radius 3 is 2.42 bits per heavy atom. The Morgan fingerprint density at radius 1 is 1.23 bits per heavy atom. The lowest BCUT2D eigenvalue weighted by Crippen LogP contribution is -2.32. The number of amides is 1. The maximum Gasteiger partial charge on any atom is 0.417 e. The number of alkyl halides is 3. The third kappa shape index (κ3) is 4.88. The van der Waals surface area contributed by atoms with Crippen LogP contribution in [0.5, 0.6) is 5.88 Å². The van der Waals surface area contributed by atoms with E-state index in [-0.39, 0.29) is 25.6 Å². The van der Waals surface area contributed by atoms with Crippen molar-refractivity contribution in [2.24, 2.45) is 0 Å². The summed E-state index contributed by atoms with van der Waals surface area (Å²) in [6.45, 7) is 3.92. The van der Waals surface area contributed by atoms with Crippen molar-refractivity contribution in [2.75, 3.05) is 13.2 Å². The Morgan fingerprint density at radius 2 is 1.88 bits per heavy atom. The highest BCUT2D eigenvalue weighted by molar-refractivity contribution is 6.30. The second-order valence-corrected chi connectivity index (χ2v) is 5.88. The molecule has 140 valence electrons. The molecule has 26 heavy (non-hydrogen) atoms. The fourth-order valence-corrected chi connectivity index (χ4v) is 2.50. The van der Waals surface area contributed by atoms with E-state index in [1.54, 1.807) is 38.1 Å². The second-order valence-electron chi connectivity index (χ2n) is 5.44. The van der Waals surface area contributed by atoms with E-state index in [0.29, 0.717) is 5.02 Å². The average molecular weight is 387 g/mol. The van der Waals surface area contributed by atoms with Gasteiger partial charge in [0.2, 0.25) is 5.88 Å². The van der Waals surface area contributed by atoms with Gasteiger partial charge in [0.15, 0.2) is 0 Å². The number of carbonyl (C=O) groups is 1. The molecule has 0 N–H and O–H groups in total. The first-order chi connectivity index (χ1) is 12.3. The van der Waals surface area contributed by atoms with Crippen molar-refractivity contribution in [1.82, 2.24) is 9.88 Å². The molecule has 0 fully saturated rings. The molecule has 0 aliphatic rings. The lowest BCUT2D eigenvalue weighted by molar-refractivity contribution is -0.138. The lowest BCUT2D eigenvalue weighted by Gasteiger charge is -2.23. The molecule has 0 unspecified atom stereocenters. The van der Waals surface area contributed by atoms with Crippen LogP contribution in [0.1, 0.15) is 35.3 Å². The van der Waals surface area contributed by atoms with E-state index >= 15 is 0 Å². The summed E-state index contributed by atoms with van der Waals surface area (Å²) in [5, 5.41) is 0.540. The van der Waals surface area contributed by atoms with Crippen molar-refractivity contribution in [3.8, 4) is 5.88 Å². The van der Waals surface area contributed by atoms with Gasteiger partial charge in [-0.3, -0.25) is 4.79 Å². The van der Waals surface area contributed by atoms with Crippen LogP contribution in [-0.2, 0) is 12.7 Å². The molecule has 0 aliphatic heterocycles. The third-order valence-corrected chi connectivity index (χ3v) is 3.91. The second kappa shape index (κ2) is 8.40. The summed E-state index contributed by atoms with van der Waals surface area (Å²) in [7, 11) is 0. The minimum absolute atomic E-state index is 0.164. The summed E-state index contributed by atoms with van der Waals surface area (Å²) in [4.78, 5) is 17.8. The van der Waals surface area contributed by atoms with E-state index in [9.17, 15) is 18.0 Å². The molecule has 2 aromatic rings. The Labute approximate surface area is 154 Å². The molecule has 0 atom stereocenters. The molecule has 8 heteroatoms. The highest BCUT2D eigenvalue weighted by Gasteiger charge is 2.37. The minimum atomic E-state index is -4.69. The quantitative estimate of drug-likeness (QED) is 0.715. The van der Waals surface area contributed by atoms with E-state index < -0.39 is 23.2 Å². The topological polar surface area (TPSA) is 42.4 Å². The summed E-state index contributed by atoms with van der Waals surface area (Å²) in [6.07, 6.45) is -3.78. The minimum Gasteiger partial charge on any atom is -0.478 e. The van der Waals surface area contributed by atoms with Crippen molar-refractivity contribution in [3.05, 3.63) is 58.2 Å². The standard InChI is InChI=1S/C18H18ClF3N2O2/c1-3-24(11-12-5-7-13(19)8-6-12)17(25)14-10-23-16(26-4-2)9-15(14)18(20,21)22/h5-10H,3-4,11H2,1-2H3. The number of rotatable bonds is 6. The highest BCUT2D eigenvalue weighted by Crippen LogP contribution is 2.34. The van der Waals surface area contributed by atoms with Gasteiger partial charge in [0.1, 0.15) is 0 Å². The number of ether oxygens (including phenoxy) is 1. The molecular weight excluding hydrogens is 369 g/mol. The Bertz CT molecular complexity index is 764. The van der Waals surface area contributed by atoms with Gasteiger partial charge in [-0.2, -0.15) is 13.2 Å². The predicted octanol–water partition coefficient (Wildman–Crippen LogP) is 4.81. The van der Waals surface area contributed by atoms with Crippen molar-refractivity contribution >= 4 is 17.5 Å². The summed E-state index contributed by atoms with van der Waals surface area (Å²) in [5.41, 5.74) is -0.802. The molecule has 1 aromatic carbocycles. The largest absolute Gasteiger partial charge is 0.478 e. The first-order valence-electron chi connectivity index (χ1n) is 8.00. The molecule has 2 rings (SSSR count). The number of hydrogen-bond acceptors (Lipinski definition) is 3. The molecule has 0 saturated carbocycles. The number of benzene rings is 1. The van der Waals surface area contributed by atoms with E-state index in [2.05, 4.69) is 4.98 Å². The van der Waals surface area contributed by atoms with Crippen LogP contribution in [0, 0.1) is 0 Å². The number of hydrogen-bond donors (Lipinski definition) is 0. The zero-order valence-electron chi connectivity index (χ0n) is 14.3. The molecule has 1 aromatic heterocycles. The number of halogens is 4. The maximum absolute atomic E-state index is 13.4. The van der Waals surface area contributed by atoms with Crippen LogP contribution < -0.4 is 4.74 Å². The van der Waals surface area contributed by atoms with Crippen LogP contribution >= 0.6 is 11.6 Å². The molecule has 1 amide bonds. The molecule has 0 radical (unpaired) electrons. The molecule has 0 saturated heterocycles. The summed E-state index contributed by atoms with van der Waals surface area (Å²) in [5.74, 6) is -0.914. The predicted molar refractivity (Wildman–Crippen MR) is 92.3 cm³/mol. The van der Waals surface area contributed by atoms with E-state index in [4.69, 9.17) is 16.3 Å². The van der Waals surface area contributed by atoms with Gasteiger partial charge in [0.05, 0.1) is 17.7 Å². The summed E-state index contributed by atoms with van der Waals surface area (Å²) < 4.78 is 45.2. The van der Waals surface area contributed by atoms with Crippen molar-refractivity contribution in [2.45, 2.75) is 26.6 Å². The van der Waals surface area contributed by atoms with Crippen LogP contribution in [0.15, 0.2) is 36.5 Å². The van der Waals surface area contributed by atoms with Crippen LogP contribution in [0.3, 0.4) is 0 Å². The van der Waals surface area contributed by atoms with Gasteiger partial charge in [-0.05, 0) is 31.5 Å². The summed E-state index contributed by atoms with van der Waals surface area (Å²) >= 11 is 5.83. The molecule has 4 nitrogen and oxygen atoms in total. The van der Waals surface area contributed by atoms with Crippen LogP contribution in [0.2, 0.25) is 5.02 Å². The van der Waals surface area contributed by atoms with Crippen molar-refractivity contribution < 1.29 is 22.7 Å². The first-order valence-corrected chi connectivity index (χ1v) is 8.37. The van der Waals surface area contributed by atoms with E-state index in [0.717, 1.165) is 17.8 Å². The maximum atomic E-state index is 13.4. The van der Waals surface area contributed by atoms with Crippen LogP contribution in [0.4, 0.5) is 13.2 Å². The lowest BCUT2D eigenvalue weighted by atomic mass is 10.1. The normalized spacial score (nSPS) is 11.3. The van der Waals surface area contributed by atoms with Crippen LogP contribution in [-0.4, -0.2) is 28.9 Å². The van der Waals surface area contributed by atoms with Gasteiger partial charge < -0.3 is 9.64 Å².